The van der Waals surface area contributed by atoms with E-state index in [0.717, 1.165) is 17.7 Å². The highest BCUT2D eigenvalue weighted by atomic mass is 19.4. The number of rotatable bonds is 8. The lowest BCUT2D eigenvalue weighted by atomic mass is 10.1. The maximum atomic E-state index is 12.9. The molecule has 166 valence electrons. The molecular formula is C23H21F3N4O2. The first-order valence-electron chi connectivity index (χ1n) is 9.85. The topological polar surface area (TPSA) is 75.2 Å². The fourth-order valence-corrected chi connectivity index (χ4v) is 3.01. The van der Waals surface area contributed by atoms with Crippen LogP contribution in [-0.2, 0) is 24.1 Å². The summed E-state index contributed by atoms with van der Waals surface area (Å²) in [5.74, 6) is -0.750. The third kappa shape index (κ3) is 6.63. The van der Waals surface area contributed by atoms with Crippen molar-refractivity contribution in [2.45, 2.75) is 25.7 Å². The molecule has 0 aliphatic rings. The first-order valence-corrected chi connectivity index (χ1v) is 9.85. The van der Waals surface area contributed by atoms with Gasteiger partial charge in [0.1, 0.15) is 5.69 Å². The summed E-state index contributed by atoms with van der Waals surface area (Å²) in [5, 5.41) is 2.60. The molecular weight excluding hydrogens is 421 g/mol. The predicted octanol–water partition coefficient (Wildman–Crippen LogP) is 3.84. The number of nitrogens with zero attached hydrogens (tertiary/aromatic N) is 3. The minimum Gasteiger partial charge on any atom is -0.352 e. The number of alkyl halides is 3. The number of nitrogens with one attached hydrogen (secondary N) is 1. The van der Waals surface area contributed by atoms with Crippen LogP contribution in [0.4, 0.5) is 13.2 Å². The molecule has 3 aromatic rings. The Balaban J connectivity index is 1.61. The minimum absolute atomic E-state index is 0.0161. The summed E-state index contributed by atoms with van der Waals surface area (Å²) < 4.78 is 38.5. The van der Waals surface area contributed by atoms with Crippen molar-refractivity contribution >= 4 is 11.8 Å². The summed E-state index contributed by atoms with van der Waals surface area (Å²) in [4.78, 5) is 34.6. The van der Waals surface area contributed by atoms with E-state index in [-0.39, 0.29) is 43.6 Å². The summed E-state index contributed by atoms with van der Waals surface area (Å²) >= 11 is 0. The first-order chi connectivity index (χ1) is 15.3. The molecule has 0 saturated heterocycles. The molecule has 0 bridgehead atoms. The van der Waals surface area contributed by atoms with E-state index < -0.39 is 11.7 Å². The number of amides is 2. The Labute approximate surface area is 183 Å². The van der Waals surface area contributed by atoms with Gasteiger partial charge in [0.25, 0.3) is 5.91 Å². The molecule has 0 aliphatic carbocycles. The third-order valence-electron chi connectivity index (χ3n) is 4.64. The normalized spacial score (nSPS) is 11.1. The van der Waals surface area contributed by atoms with Crippen LogP contribution in [0.25, 0.3) is 0 Å². The number of benzene rings is 2. The van der Waals surface area contributed by atoms with Gasteiger partial charge >= 0.3 is 6.18 Å². The van der Waals surface area contributed by atoms with Gasteiger partial charge in [0, 0.05) is 38.4 Å². The highest BCUT2D eigenvalue weighted by Crippen LogP contribution is 2.29. The van der Waals surface area contributed by atoms with E-state index in [1.165, 1.54) is 35.6 Å². The van der Waals surface area contributed by atoms with Gasteiger partial charge in [-0.15, -0.1) is 0 Å². The number of carbonyl (C=O) groups excluding carboxylic acids is 2. The van der Waals surface area contributed by atoms with Crippen LogP contribution in [0.15, 0.2) is 73.2 Å². The van der Waals surface area contributed by atoms with Crippen LogP contribution in [0.2, 0.25) is 0 Å². The molecule has 32 heavy (non-hydrogen) atoms. The van der Waals surface area contributed by atoms with Gasteiger partial charge in [-0.25, -0.2) is 4.98 Å². The quantitative estimate of drug-likeness (QED) is 0.575. The number of hydrogen-bond donors (Lipinski definition) is 1. The lowest BCUT2D eigenvalue weighted by molar-refractivity contribution is -0.137. The van der Waals surface area contributed by atoms with Crippen molar-refractivity contribution in [2.75, 3.05) is 6.54 Å². The number of carbonyl (C=O) groups is 2. The number of aromatic nitrogens is 2. The number of halogens is 3. The molecule has 0 fully saturated rings. The van der Waals surface area contributed by atoms with Gasteiger partial charge in [-0.2, -0.15) is 13.2 Å². The van der Waals surface area contributed by atoms with E-state index in [2.05, 4.69) is 15.3 Å². The van der Waals surface area contributed by atoms with Gasteiger partial charge in [-0.05, 0) is 23.3 Å². The van der Waals surface area contributed by atoms with Crippen LogP contribution in [0.1, 0.15) is 33.6 Å². The lowest BCUT2D eigenvalue weighted by Crippen LogP contribution is -2.35. The Morgan fingerprint density at radius 1 is 0.969 bits per heavy atom. The summed E-state index contributed by atoms with van der Waals surface area (Å²) in [7, 11) is 0. The summed E-state index contributed by atoms with van der Waals surface area (Å²) in [5.41, 5.74) is 0.611. The largest absolute Gasteiger partial charge is 0.416 e. The van der Waals surface area contributed by atoms with Gasteiger partial charge < -0.3 is 10.2 Å². The lowest BCUT2D eigenvalue weighted by Gasteiger charge is -2.22. The molecule has 0 atom stereocenters. The molecule has 0 spiro atoms. The highest BCUT2D eigenvalue weighted by molar-refractivity contribution is 5.92. The van der Waals surface area contributed by atoms with Crippen LogP contribution >= 0.6 is 0 Å². The van der Waals surface area contributed by atoms with Crippen LogP contribution in [-0.4, -0.2) is 33.2 Å². The van der Waals surface area contributed by atoms with Crippen molar-refractivity contribution in [3.63, 3.8) is 0 Å². The summed E-state index contributed by atoms with van der Waals surface area (Å²) in [6.45, 7) is 0.343. The van der Waals surface area contributed by atoms with Gasteiger partial charge in [0.2, 0.25) is 5.91 Å². The van der Waals surface area contributed by atoms with Crippen molar-refractivity contribution in [1.29, 1.82) is 0 Å². The Kier molecular flexibility index (Phi) is 7.54. The molecule has 0 radical (unpaired) electrons. The fourth-order valence-electron chi connectivity index (χ4n) is 3.01. The minimum atomic E-state index is -4.45. The molecule has 2 amide bonds. The zero-order valence-electron chi connectivity index (χ0n) is 17.0. The standard InChI is InChI=1S/C23H21F3N4O2/c24-23(25,26)19-8-4-7-18(13-19)14-29-21(31)9-12-30(16-17-5-2-1-3-6-17)22(32)20-15-27-10-11-28-20/h1-8,10-11,13,15H,9,12,14,16H2,(H,29,31). The summed E-state index contributed by atoms with van der Waals surface area (Å²) in [6, 6.07) is 14.1. The highest BCUT2D eigenvalue weighted by Gasteiger charge is 2.30. The molecule has 9 heteroatoms. The summed E-state index contributed by atoms with van der Waals surface area (Å²) in [6.07, 6.45) is -0.236. The maximum Gasteiger partial charge on any atom is 0.416 e. The van der Waals surface area contributed by atoms with Crippen molar-refractivity contribution in [1.82, 2.24) is 20.2 Å². The van der Waals surface area contributed by atoms with E-state index in [1.807, 2.05) is 30.3 Å². The van der Waals surface area contributed by atoms with Gasteiger partial charge in [0.05, 0.1) is 11.8 Å². The Hall–Kier alpha value is -3.75. The predicted molar refractivity (Wildman–Crippen MR) is 111 cm³/mol. The van der Waals surface area contributed by atoms with Gasteiger partial charge in [0.15, 0.2) is 0 Å². The fraction of sp³-hybridized carbons (Fsp3) is 0.217. The van der Waals surface area contributed by atoms with Gasteiger partial charge in [-0.1, -0.05) is 42.5 Å². The second kappa shape index (κ2) is 10.5. The second-order valence-electron chi connectivity index (χ2n) is 7.03. The van der Waals surface area contributed by atoms with Gasteiger partial charge in [-0.3, -0.25) is 14.6 Å². The average molecular weight is 442 g/mol. The Bertz CT molecular complexity index is 1040. The van der Waals surface area contributed by atoms with E-state index in [4.69, 9.17) is 0 Å². The smallest absolute Gasteiger partial charge is 0.352 e. The Morgan fingerprint density at radius 3 is 2.41 bits per heavy atom. The SMILES string of the molecule is O=C(CCN(Cc1ccccc1)C(=O)c1cnccn1)NCc1cccc(C(F)(F)F)c1. The molecule has 3 rings (SSSR count). The van der Waals surface area contributed by atoms with Crippen molar-refractivity contribution in [2.24, 2.45) is 0 Å². The van der Waals surface area contributed by atoms with Crippen molar-refractivity contribution in [3.8, 4) is 0 Å². The van der Waals surface area contributed by atoms with Crippen LogP contribution in [0.5, 0.6) is 0 Å². The molecule has 2 aromatic carbocycles. The maximum absolute atomic E-state index is 12.9. The Morgan fingerprint density at radius 2 is 1.72 bits per heavy atom. The van der Waals surface area contributed by atoms with Crippen molar-refractivity contribution in [3.05, 3.63) is 95.6 Å². The molecule has 1 N–H and O–H groups in total. The van der Waals surface area contributed by atoms with E-state index in [9.17, 15) is 22.8 Å². The third-order valence-corrected chi connectivity index (χ3v) is 4.64. The zero-order chi connectivity index (χ0) is 23.0. The molecule has 1 heterocycles. The first kappa shape index (κ1) is 22.9. The molecule has 0 saturated carbocycles. The van der Waals surface area contributed by atoms with Crippen molar-refractivity contribution < 1.29 is 22.8 Å². The number of hydrogen-bond acceptors (Lipinski definition) is 4. The van der Waals surface area contributed by atoms with E-state index in [1.54, 1.807) is 0 Å². The van der Waals surface area contributed by atoms with Crippen LogP contribution in [0, 0.1) is 0 Å². The van der Waals surface area contributed by atoms with Crippen LogP contribution < -0.4 is 5.32 Å². The van der Waals surface area contributed by atoms with E-state index >= 15 is 0 Å². The van der Waals surface area contributed by atoms with E-state index in [0.29, 0.717) is 5.56 Å². The second-order valence-corrected chi connectivity index (χ2v) is 7.03. The average Bonchev–Trinajstić information content (AvgIpc) is 2.81. The van der Waals surface area contributed by atoms with Crippen LogP contribution in [0.3, 0.4) is 0 Å². The molecule has 0 unspecified atom stereocenters. The molecule has 0 aliphatic heterocycles. The monoisotopic (exact) mass is 442 g/mol. The molecule has 6 nitrogen and oxygen atoms in total. The zero-order valence-corrected chi connectivity index (χ0v) is 17.0. The molecule has 1 aromatic heterocycles.